The first kappa shape index (κ1) is 27.9. The molecule has 36 heavy (non-hydrogen) atoms. The van der Waals surface area contributed by atoms with Crippen molar-refractivity contribution in [3.05, 3.63) is 24.4 Å². The number of nitrogens with zero attached hydrogens (tertiary/aromatic N) is 6. The maximum absolute atomic E-state index is 12.6. The van der Waals surface area contributed by atoms with Crippen LogP contribution in [0, 0.1) is 0 Å². The fraction of sp³-hybridized carbons (Fsp3) is 0.600. The van der Waals surface area contributed by atoms with Gasteiger partial charge in [0.15, 0.2) is 29.9 Å². The Morgan fingerprint density at radius 1 is 1.22 bits per heavy atom. The van der Waals surface area contributed by atoms with Gasteiger partial charge in [-0.2, -0.15) is 16.8 Å². The molecule has 0 radical (unpaired) electrons. The van der Waals surface area contributed by atoms with Gasteiger partial charge in [0.25, 0.3) is 22.0 Å². The number of hydrogen-bond donors (Lipinski definition) is 4. The van der Waals surface area contributed by atoms with Crippen LogP contribution in [-0.2, 0) is 20.2 Å². The minimum Gasteiger partial charge on any atom is -0.338 e. The van der Waals surface area contributed by atoms with E-state index >= 15 is 0 Å². The summed E-state index contributed by atoms with van der Waals surface area (Å²) in [4.78, 5) is 5.51. The Morgan fingerprint density at radius 3 is 2.33 bits per heavy atom. The fourth-order valence-electron chi connectivity index (χ4n) is 4.73. The first-order valence-corrected chi connectivity index (χ1v) is 14.3. The van der Waals surface area contributed by atoms with Crippen LogP contribution in [0.1, 0.15) is 13.8 Å². The van der Waals surface area contributed by atoms with Crippen LogP contribution in [0.3, 0.4) is 0 Å². The van der Waals surface area contributed by atoms with Crippen molar-refractivity contribution in [2.45, 2.75) is 42.8 Å². The summed E-state index contributed by atoms with van der Waals surface area (Å²) in [6, 6.07) is -1.44. The second-order valence-electron chi connectivity index (χ2n) is 9.19. The summed E-state index contributed by atoms with van der Waals surface area (Å²) < 4.78 is 75.0. The maximum Gasteiger partial charge on any atom is 0.353 e. The topological polar surface area (TPSA) is 157 Å². The molecule has 3 heterocycles. The minimum atomic E-state index is -4.55. The molecule has 3 rings (SSSR count). The van der Waals surface area contributed by atoms with Crippen LogP contribution in [0.5, 0.6) is 0 Å². The van der Waals surface area contributed by atoms with E-state index in [4.69, 9.17) is 0 Å². The summed E-state index contributed by atoms with van der Waals surface area (Å²) in [5.74, 6) is 0.421. The van der Waals surface area contributed by atoms with Crippen LogP contribution >= 0.6 is 0 Å². The van der Waals surface area contributed by atoms with Crippen LogP contribution < -0.4 is 10.6 Å². The molecule has 0 bridgehead atoms. The van der Waals surface area contributed by atoms with E-state index in [1.165, 1.54) is 17.5 Å². The molecule has 200 valence electrons. The van der Waals surface area contributed by atoms with Crippen molar-refractivity contribution in [2.24, 2.45) is 4.99 Å². The Morgan fingerprint density at radius 2 is 1.89 bits per heavy atom. The molecule has 0 aliphatic carbocycles. The van der Waals surface area contributed by atoms with E-state index in [1.54, 1.807) is 80.0 Å². The number of nitrogens with one attached hydrogen (secondary N) is 2. The van der Waals surface area contributed by atoms with Crippen LogP contribution in [0.2, 0.25) is 0 Å². The van der Waals surface area contributed by atoms with E-state index in [1.807, 2.05) is 6.92 Å². The number of quaternary nitrogens is 1. The van der Waals surface area contributed by atoms with E-state index in [0.717, 1.165) is 0 Å². The van der Waals surface area contributed by atoms with Crippen molar-refractivity contribution in [1.82, 2.24) is 15.5 Å². The Kier molecular flexibility index (Phi) is 7.76. The zero-order valence-electron chi connectivity index (χ0n) is 21.2. The lowest BCUT2D eigenvalue weighted by atomic mass is 10.1. The van der Waals surface area contributed by atoms with Gasteiger partial charge in [-0.1, -0.05) is 4.99 Å². The Labute approximate surface area is 212 Å². The predicted octanol–water partition coefficient (Wildman–Crippen LogP) is -2.12. The largest absolute Gasteiger partial charge is 0.353 e. The lowest BCUT2D eigenvalue weighted by molar-refractivity contribution is -0.901. The first-order chi connectivity index (χ1) is 16.6. The van der Waals surface area contributed by atoms with Gasteiger partial charge in [0.1, 0.15) is 12.4 Å². The van der Waals surface area contributed by atoms with Crippen molar-refractivity contribution < 1.29 is 44.2 Å². The highest BCUT2D eigenvalue weighted by Gasteiger charge is 2.52. The highest BCUT2D eigenvalue weighted by atomic mass is 32.2. The summed E-state index contributed by atoms with van der Waals surface area (Å²) in [5.41, 5.74) is -1.35. The van der Waals surface area contributed by atoms with Crippen molar-refractivity contribution in [2.75, 3.05) is 34.7 Å². The molecule has 0 saturated heterocycles. The average Bonchev–Trinajstić information content (AvgIpc) is 3.44. The quantitative estimate of drug-likeness (QED) is 0.136. The molecule has 0 amide bonds. The van der Waals surface area contributed by atoms with Gasteiger partial charge in [0.05, 0.1) is 34.4 Å². The van der Waals surface area contributed by atoms with E-state index in [-0.39, 0.29) is 17.2 Å². The summed E-state index contributed by atoms with van der Waals surface area (Å²) >= 11 is 0. The maximum atomic E-state index is 12.6. The molecule has 3 aliphatic rings. The van der Waals surface area contributed by atoms with Gasteiger partial charge in [-0.3, -0.25) is 13.7 Å². The van der Waals surface area contributed by atoms with Crippen molar-refractivity contribution in [3.63, 3.8) is 0 Å². The van der Waals surface area contributed by atoms with Gasteiger partial charge in [-0.05, 0) is 6.92 Å². The second kappa shape index (κ2) is 10.0. The molecule has 14 nitrogen and oxygen atoms in total. The molecule has 6 unspecified atom stereocenters. The van der Waals surface area contributed by atoms with E-state index in [9.17, 15) is 25.9 Å². The fourth-order valence-corrected chi connectivity index (χ4v) is 7.34. The molecule has 6 atom stereocenters. The smallest absolute Gasteiger partial charge is 0.338 e. The monoisotopic (exact) mass is 548 g/mol. The predicted molar refractivity (Wildman–Crippen MR) is 135 cm³/mol. The molecule has 0 aromatic rings. The van der Waals surface area contributed by atoms with Gasteiger partial charge in [-0.15, -0.1) is 4.58 Å². The zero-order valence-corrected chi connectivity index (χ0v) is 22.8. The normalized spacial score (nSPS) is 29.9. The summed E-state index contributed by atoms with van der Waals surface area (Å²) in [7, 11) is -2.36. The molecule has 0 spiro atoms. The Hall–Kier alpha value is -2.66. The average molecular weight is 549 g/mol. The molecule has 0 aromatic carbocycles. The van der Waals surface area contributed by atoms with Gasteiger partial charge in [-0.25, -0.2) is 14.4 Å². The highest BCUT2D eigenvalue weighted by Crippen LogP contribution is 2.27. The molecule has 3 aliphatic heterocycles. The summed E-state index contributed by atoms with van der Waals surface area (Å²) in [6.07, 6.45) is 10.8. The molecular weight excluding hydrogens is 512 g/mol. The van der Waals surface area contributed by atoms with Gasteiger partial charge < -0.3 is 10.2 Å². The SMILES string of the molecule is CCN(C=C(NC)[N+]1=CC(C(C2C=NC=[N+]2C)S(=O)(=O)O)[N+](C)=C1)C([N+]1(C)C=CNC1C)S(=O)(=O)O. The van der Waals surface area contributed by atoms with E-state index in [0.29, 0.717) is 5.82 Å². The zero-order chi connectivity index (χ0) is 27.1. The Bertz CT molecular complexity index is 1290. The molecule has 4 N–H and O–H groups in total. The number of aliphatic imine (C=N–C) groups is 1. The van der Waals surface area contributed by atoms with Gasteiger partial charge in [0.2, 0.25) is 6.04 Å². The molecule has 0 fully saturated rings. The van der Waals surface area contributed by atoms with Gasteiger partial charge >= 0.3 is 22.3 Å². The molecule has 0 saturated carbocycles. The van der Waals surface area contributed by atoms with Crippen molar-refractivity contribution >= 4 is 45.3 Å². The first-order valence-electron chi connectivity index (χ1n) is 11.3. The van der Waals surface area contributed by atoms with Crippen molar-refractivity contribution in [1.29, 1.82) is 0 Å². The molecule has 0 aromatic heterocycles. The number of rotatable bonds is 10. The third-order valence-electron chi connectivity index (χ3n) is 6.85. The second-order valence-corrected chi connectivity index (χ2v) is 12.2. The summed E-state index contributed by atoms with van der Waals surface area (Å²) in [6.45, 7) is 3.81. The third-order valence-corrected chi connectivity index (χ3v) is 9.35. The third kappa shape index (κ3) is 5.22. The standard InChI is InChI=1S/C20H34N8O6S2/c1-7-26(20(36(32,33)34)28(6)9-8-23-15(28)2)12-18(21-3)27-11-17(25(5)14-27)19(35(29,30)31)16-10-22-13-24(16)4/h8-17,19-21,23H,7H2,1-6H3/q+2/p+2. The molecule has 16 heteroatoms. The van der Waals surface area contributed by atoms with E-state index in [2.05, 4.69) is 15.6 Å². The lowest BCUT2D eigenvalue weighted by Crippen LogP contribution is -2.63. The van der Waals surface area contributed by atoms with Crippen LogP contribution in [0.25, 0.3) is 0 Å². The van der Waals surface area contributed by atoms with Gasteiger partial charge in [0, 0.05) is 13.5 Å². The van der Waals surface area contributed by atoms with Crippen LogP contribution in [0.15, 0.2) is 29.4 Å². The highest BCUT2D eigenvalue weighted by molar-refractivity contribution is 7.86. The minimum absolute atomic E-state index is 0.134. The van der Waals surface area contributed by atoms with Crippen LogP contribution in [-0.4, -0.2) is 138 Å². The lowest BCUT2D eigenvalue weighted by Gasteiger charge is -2.41. The summed E-state index contributed by atoms with van der Waals surface area (Å²) in [5, 5.41) is 4.83. The van der Waals surface area contributed by atoms with Crippen LogP contribution in [0.4, 0.5) is 0 Å². The molecular formula is C20H36N8O6S2+4. The Balaban J connectivity index is 2.05. The van der Waals surface area contributed by atoms with E-state index < -0.39 is 43.1 Å². The number of hydrogen-bond acceptors (Lipinski definition) is 8. The van der Waals surface area contributed by atoms with Crippen molar-refractivity contribution in [3.8, 4) is 0 Å².